The summed E-state index contributed by atoms with van der Waals surface area (Å²) in [6, 6.07) is 4.90. The van der Waals surface area contributed by atoms with Crippen LogP contribution in [0.1, 0.15) is 42.0 Å². The molecule has 36 heavy (non-hydrogen) atoms. The van der Waals surface area contributed by atoms with Crippen LogP contribution in [0.25, 0.3) is 11.1 Å². The largest absolute Gasteiger partial charge is 0.451 e. The highest BCUT2D eigenvalue weighted by Crippen LogP contribution is 2.37. The van der Waals surface area contributed by atoms with Crippen LogP contribution in [0.3, 0.4) is 0 Å². The number of anilines is 1. The van der Waals surface area contributed by atoms with E-state index in [4.69, 9.17) is 16.6 Å². The average molecular weight is 502 g/mol. The summed E-state index contributed by atoms with van der Waals surface area (Å²) in [6.45, 7) is 1.75. The lowest BCUT2D eigenvalue weighted by molar-refractivity contribution is -0.144. The third-order valence-corrected chi connectivity index (χ3v) is 5.26. The third-order valence-electron chi connectivity index (χ3n) is 5.26. The molecule has 13 heteroatoms. The van der Waals surface area contributed by atoms with Crippen molar-refractivity contribution in [2.24, 2.45) is 5.73 Å². The second kappa shape index (κ2) is 10.3. The molecule has 0 bridgehead atoms. The van der Waals surface area contributed by atoms with Crippen molar-refractivity contribution in [3.05, 3.63) is 76.8 Å². The Hall–Kier alpha value is -4.60. The van der Waals surface area contributed by atoms with E-state index < -0.39 is 35.4 Å². The van der Waals surface area contributed by atoms with Crippen molar-refractivity contribution in [3.8, 4) is 17.2 Å². The van der Waals surface area contributed by atoms with Crippen molar-refractivity contribution in [1.29, 1.82) is 16.1 Å². The van der Waals surface area contributed by atoms with Crippen molar-refractivity contribution in [3.63, 3.8) is 0 Å². The second-order valence-corrected chi connectivity index (χ2v) is 7.50. The maximum Gasteiger partial charge on any atom is 0.451 e. The fourth-order valence-electron chi connectivity index (χ4n) is 3.61. The first-order valence-electron chi connectivity index (χ1n) is 10.3. The van der Waals surface area contributed by atoms with Gasteiger partial charge >= 0.3 is 6.18 Å². The lowest BCUT2D eigenvalue weighted by Gasteiger charge is -2.16. The molecule has 0 aliphatic rings. The van der Waals surface area contributed by atoms with Crippen LogP contribution in [0.2, 0.25) is 0 Å². The zero-order chi connectivity index (χ0) is 26.6. The Labute approximate surface area is 201 Å². The molecule has 0 radical (unpaired) electrons. The highest BCUT2D eigenvalue weighted by molar-refractivity contribution is 6.02. The van der Waals surface area contributed by atoms with Crippen molar-refractivity contribution >= 4 is 17.7 Å². The lowest BCUT2D eigenvalue weighted by atomic mass is 9.90. The third kappa shape index (κ3) is 5.22. The van der Waals surface area contributed by atoms with E-state index in [-0.39, 0.29) is 39.3 Å². The number of hydrogen-bond acceptors (Lipinski definition) is 6. The van der Waals surface area contributed by atoms with Crippen LogP contribution in [0.4, 0.5) is 27.6 Å². The number of rotatable bonds is 8. The molecule has 186 valence electrons. The van der Waals surface area contributed by atoms with E-state index in [1.54, 1.807) is 6.92 Å². The molecule has 3 rings (SSSR count). The number of aromatic amines is 1. The first-order valence-corrected chi connectivity index (χ1v) is 10.3. The van der Waals surface area contributed by atoms with Gasteiger partial charge in [-0.15, -0.1) is 0 Å². The molecule has 2 aromatic heterocycles. The fraction of sp³-hybridized carbons (Fsp3) is 0.174. The minimum Gasteiger partial charge on any atom is -0.382 e. The Morgan fingerprint density at radius 3 is 2.44 bits per heavy atom. The van der Waals surface area contributed by atoms with Gasteiger partial charge in [-0.1, -0.05) is 6.92 Å². The highest BCUT2D eigenvalue weighted by atomic mass is 19.4. The fourth-order valence-corrected chi connectivity index (χ4v) is 3.61. The first kappa shape index (κ1) is 26.0. The van der Waals surface area contributed by atoms with Gasteiger partial charge in [-0.2, -0.15) is 18.4 Å². The standard InChI is InChI=1S/C23H19F5N8/c1-2-14(11(6-29)8-33-17-4-3-13(24)5-16(17)25)19-15(7-30)18(20(36-19)21(31)32)12-9-34-22(35-10-12)23(26,27)28/h3-6,8-10,14,29,33,36H,2H2,1H3,(H3,31,32)/b11-8+,29-6?. The van der Waals surface area contributed by atoms with Gasteiger partial charge in [0.25, 0.3) is 0 Å². The number of benzene rings is 1. The summed E-state index contributed by atoms with van der Waals surface area (Å²) in [5, 5.41) is 28.3. The van der Waals surface area contributed by atoms with Gasteiger partial charge in [0.1, 0.15) is 23.5 Å². The summed E-state index contributed by atoms with van der Waals surface area (Å²) in [5.74, 6) is -4.15. The molecule has 0 saturated carbocycles. The molecule has 6 N–H and O–H groups in total. The molecule has 1 unspecified atom stereocenters. The van der Waals surface area contributed by atoms with Crippen LogP contribution in [0.15, 0.2) is 42.4 Å². The maximum atomic E-state index is 14.0. The number of nitrogens with one attached hydrogen (secondary N) is 4. The average Bonchev–Trinajstić information content (AvgIpc) is 3.21. The predicted molar refractivity (Wildman–Crippen MR) is 122 cm³/mol. The first-order chi connectivity index (χ1) is 17.0. The number of H-pyrrole nitrogens is 1. The number of nitrogens with two attached hydrogens (primary N) is 1. The van der Waals surface area contributed by atoms with Gasteiger partial charge in [-0.3, -0.25) is 5.41 Å². The van der Waals surface area contributed by atoms with Gasteiger partial charge in [0.05, 0.1) is 16.9 Å². The zero-order valence-corrected chi connectivity index (χ0v) is 18.6. The SMILES string of the molecule is CCC(/C(C=N)=C/Nc1ccc(F)cc1F)c1[nH]c(C(=N)N)c(-c2cnc(C(F)(F)F)nc2)c1C#N. The number of hydrogen-bond donors (Lipinski definition) is 5. The molecule has 2 heterocycles. The van der Waals surface area contributed by atoms with Crippen LogP contribution in [0.5, 0.6) is 0 Å². The summed E-state index contributed by atoms with van der Waals surface area (Å²) in [6.07, 6.45) is -0.402. The molecular weight excluding hydrogens is 483 g/mol. The van der Waals surface area contributed by atoms with E-state index in [0.717, 1.165) is 24.7 Å². The van der Waals surface area contributed by atoms with E-state index >= 15 is 0 Å². The summed E-state index contributed by atoms with van der Waals surface area (Å²) in [4.78, 5) is 9.51. The normalized spacial score (nSPS) is 12.6. The van der Waals surface area contributed by atoms with Gasteiger partial charge < -0.3 is 21.4 Å². The quantitative estimate of drug-likeness (QED) is 0.166. The number of allylic oxidation sites excluding steroid dienone is 1. The number of halogens is 5. The minimum absolute atomic E-state index is 0.0222. The summed E-state index contributed by atoms with van der Waals surface area (Å²) in [7, 11) is 0. The number of amidine groups is 1. The van der Waals surface area contributed by atoms with Crippen molar-refractivity contribution in [2.75, 3.05) is 5.32 Å². The van der Waals surface area contributed by atoms with Gasteiger partial charge in [0.2, 0.25) is 5.82 Å². The monoisotopic (exact) mass is 502 g/mol. The molecule has 0 amide bonds. The molecule has 0 aliphatic carbocycles. The Bertz CT molecular complexity index is 1370. The number of nitrogen functional groups attached to an aromatic ring is 1. The van der Waals surface area contributed by atoms with Gasteiger partial charge in [0, 0.05) is 53.6 Å². The van der Waals surface area contributed by atoms with E-state index in [1.807, 2.05) is 6.07 Å². The molecule has 3 aromatic rings. The van der Waals surface area contributed by atoms with Gasteiger partial charge in [-0.25, -0.2) is 18.7 Å². The zero-order valence-electron chi connectivity index (χ0n) is 18.6. The molecule has 1 atom stereocenters. The van der Waals surface area contributed by atoms with Crippen LogP contribution in [-0.2, 0) is 6.18 Å². The second-order valence-electron chi connectivity index (χ2n) is 7.50. The smallest absolute Gasteiger partial charge is 0.382 e. The van der Waals surface area contributed by atoms with Crippen molar-refractivity contribution < 1.29 is 22.0 Å². The Morgan fingerprint density at radius 1 is 1.28 bits per heavy atom. The Kier molecular flexibility index (Phi) is 7.47. The highest BCUT2D eigenvalue weighted by Gasteiger charge is 2.35. The molecule has 1 aromatic carbocycles. The molecule has 0 saturated heterocycles. The minimum atomic E-state index is -4.77. The van der Waals surface area contributed by atoms with Crippen molar-refractivity contribution in [1.82, 2.24) is 15.0 Å². The number of nitrogens with zero attached hydrogens (tertiary/aromatic N) is 3. The van der Waals surface area contributed by atoms with E-state index in [0.29, 0.717) is 12.5 Å². The predicted octanol–water partition coefficient (Wildman–Crippen LogP) is 5.06. The van der Waals surface area contributed by atoms with Crippen LogP contribution < -0.4 is 11.1 Å². The number of aromatic nitrogens is 3. The van der Waals surface area contributed by atoms with Crippen LogP contribution >= 0.6 is 0 Å². The summed E-state index contributed by atoms with van der Waals surface area (Å²) >= 11 is 0. The summed E-state index contributed by atoms with van der Waals surface area (Å²) in [5.41, 5.74) is 6.13. The van der Waals surface area contributed by atoms with Crippen LogP contribution in [-0.4, -0.2) is 27.0 Å². The topological polar surface area (TPSA) is 151 Å². The summed E-state index contributed by atoms with van der Waals surface area (Å²) < 4.78 is 65.8. The lowest BCUT2D eigenvalue weighted by Crippen LogP contribution is -2.14. The van der Waals surface area contributed by atoms with Crippen molar-refractivity contribution in [2.45, 2.75) is 25.4 Å². The van der Waals surface area contributed by atoms with Gasteiger partial charge in [-0.05, 0) is 24.1 Å². The maximum absolute atomic E-state index is 14.0. The number of nitriles is 1. The Morgan fingerprint density at radius 2 is 1.94 bits per heavy atom. The molecule has 0 spiro atoms. The van der Waals surface area contributed by atoms with E-state index in [1.165, 1.54) is 12.3 Å². The van der Waals surface area contributed by atoms with Crippen LogP contribution in [0, 0.1) is 33.8 Å². The molecular formula is C23H19F5N8. The van der Waals surface area contributed by atoms with E-state index in [2.05, 4.69) is 20.3 Å². The Balaban J connectivity index is 2.11. The molecule has 8 nitrogen and oxygen atoms in total. The number of alkyl halides is 3. The molecule has 0 aliphatic heterocycles. The van der Waals surface area contributed by atoms with E-state index in [9.17, 15) is 27.2 Å². The van der Waals surface area contributed by atoms with Gasteiger partial charge in [0.15, 0.2) is 0 Å². The molecule has 0 fully saturated rings.